The molecule has 4 heteroatoms. The van der Waals surface area contributed by atoms with Crippen LogP contribution in [0.25, 0.3) is 0 Å². The maximum absolute atomic E-state index is 12.0. The van der Waals surface area contributed by atoms with Crippen molar-refractivity contribution >= 4 is 25.0 Å². The van der Waals surface area contributed by atoms with E-state index >= 15 is 0 Å². The number of thioether (sulfide) groups is 1. The molecular weight excluding hydrogens is 218 g/mol. The Balaban J connectivity index is 2.79. The van der Waals surface area contributed by atoms with Gasteiger partial charge in [-0.05, 0) is 12.1 Å². The van der Waals surface area contributed by atoms with Crippen LogP contribution in [0.15, 0.2) is 29.2 Å². The Morgan fingerprint density at radius 2 is 1.57 bits per heavy atom. The molecule has 0 N–H and O–H groups in total. The van der Waals surface area contributed by atoms with Crippen LogP contribution in [-0.4, -0.2) is 13.8 Å². The first kappa shape index (κ1) is 11.7. The van der Waals surface area contributed by atoms with Gasteiger partial charge in [-0.3, -0.25) is 0 Å². The second-order valence-electron chi connectivity index (χ2n) is 4.15. The normalized spacial score (nSPS) is 12.1. The van der Waals surface area contributed by atoms with Crippen molar-refractivity contribution in [2.75, 3.05) is 0 Å². The monoisotopic (exact) mass is 232 g/mol. The fraction of sp³-hybridized carbons (Fsp3) is 0.400. The lowest BCUT2D eigenvalue weighted by molar-refractivity contribution is 0.252. The summed E-state index contributed by atoms with van der Waals surface area (Å²) >= 11 is 0.600. The van der Waals surface area contributed by atoms with Crippen molar-refractivity contribution in [1.82, 2.24) is 0 Å². The summed E-state index contributed by atoms with van der Waals surface area (Å²) in [6, 6.07) is 7.50. The maximum Gasteiger partial charge on any atom is 0.288 e. The smallest absolute Gasteiger partial charge is 0.198 e. The van der Waals surface area contributed by atoms with Gasteiger partial charge in [0.25, 0.3) is 5.76 Å². The summed E-state index contributed by atoms with van der Waals surface area (Å²) in [5, 5.41) is 1.30. The van der Waals surface area contributed by atoms with Gasteiger partial charge in [0, 0.05) is 4.90 Å². The van der Waals surface area contributed by atoms with Crippen molar-refractivity contribution in [3.8, 4) is 0 Å². The van der Waals surface area contributed by atoms with Crippen LogP contribution in [0.2, 0.25) is 19.6 Å². The Bertz CT molecular complexity index is 290. The van der Waals surface area contributed by atoms with Crippen LogP contribution in [0, 0.1) is 0 Å². The predicted octanol–water partition coefficient (Wildman–Crippen LogP) is 3.55. The van der Waals surface area contributed by atoms with Crippen LogP contribution < -0.4 is 5.19 Å². The molecule has 0 bridgehead atoms. The Labute approximate surface area is 88.7 Å². The van der Waals surface area contributed by atoms with E-state index in [9.17, 15) is 8.78 Å². The largest absolute Gasteiger partial charge is 0.288 e. The van der Waals surface area contributed by atoms with E-state index in [1.165, 1.54) is 5.19 Å². The average molecular weight is 232 g/mol. The molecule has 1 rings (SSSR count). The van der Waals surface area contributed by atoms with Gasteiger partial charge >= 0.3 is 0 Å². The van der Waals surface area contributed by atoms with E-state index in [1.54, 1.807) is 12.1 Å². The summed E-state index contributed by atoms with van der Waals surface area (Å²) in [5.74, 6) is -2.33. The highest BCUT2D eigenvalue weighted by molar-refractivity contribution is 7.99. The lowest BCUT2D eigenvalue weighted by Gasteiger charge is -2.16. The number of alkyl halides is 2. The third-order valence-corrected chi connectivity index (χ3v) is 4.73. The summed E-state index contributed by atoms with van der Waals surface area (Å²) in [6.45, 7) is 6.72. The number of hydrogen-bond donors (Lipinski definition) is 0. The van der Waals surface area contributed by atoms with E-state index in [0.29, 0.717) is 16.7 Å². The first-order valence-electron chi connectivity index (χ1n) is 4.45. The highest BCUT2D eigenvalue weighted by atomic mass is 32.2. The maximum atomic E-state index is 12.0. The molecule has 1 aromatic carbocycles. The van der Waals surface area contributed by atoms with Crippen LogP contribution >= 0.6 is 11.8 Å². The van der Waals surface area contributed by atoms with E-state index in [-0.39, 0.29) is 0 Å². The fourth-order valence-electron chi connectivity index (χ4n) is 1.14. The zero-order valence-electron chi connectivity index (χ0n) is 8.55. The highest BCUT2D eigenvalue weighted by Gasteiger charge is 2.16. The fourth-order valence-corrected chi connectivity index (χ4v) is 2.80. The molecule has 0 fully saturated rings. The minimum Gasteiger partial charge on any atom is -0.198 e. The van der Waals surface area contributed by atoms with Crippen molar-refractivity contribution in [3.05, 3.63) is 24.3 Å². The van der Waals surface area contributed by atoms with Gasteiger partial charge in [0.15, 0.2) is 0 Å². The number of halogens is 2. The molecule has 0 aliphatic rings. The van der Waals surface area contributed by atoms with Crippen LogP contribution in [0.3, 0.4) is 0 Å². The molecule has 0 aromatic heterocycles. The van der Waals surface area contributed by atoms with Gasteiger partial charge in [-0.2, -0.15) is 8.78 Å². The summed E-state index contributed by atoms with van der Waals surface area (Å²) in [4.78, 5) is 0.641. The summed E-state index contributed by atoms with van der Waals surface area (Å²) in [6.07, 6.45) is 0. The van der Waals surface area contributed by atoms with Gasteiger partial charge in [-0.15, -0.1) is 0 Å². The van der Waals surface area contributed by atoms with Gasteiger partial charge in [-0.1, -0.05) is 48.7 Å². The second kappa shape index (κ2) is 4.44. The second-order valence-corrected chi connectivity index (χ2v) is 10.3. The van der Waals surface area contributed by atoms with Crippen molar-refractivity contribution in [2.24, 2.45) is 0 Å². The molecule has 0 nitrogen and oxygen atoms in total. The van der Waals surface area contributed by atoms with Gasteiger partial charge in [0.05, 0.1) is 8.07 Å². The Morgan fingerprint density at radius 3 is 1.93 bits per heavy atom. The van der Waals surface area contributed by atoms with E-state index < -0.39 is 13.8 Å². The SMILES string of the molecule is C[Si](C)(C)c1ccc(SC(F)F)cc1. The van der Waals surface area contributed by atoms with Crippen molar-refractivity contribution in [3.63, 3.8) is 0 Å². The molecule has 0 aliphatic carbocycles. The molecule has 1 aromatic rings. The highest BCUT2D eigenvalue weighted by Crippen LogP contribution is 2.24. The summed E-state index contributed by atoms with van der Waals surface area (Å²) < 4.78 is 24.1. The number of rotatable bonds is 3. The van der Waals surface area contributed by atoms with Crippen LogP contribution in [0.4, 0.5) is 8.78 Å². The molecule has 0 unspecified atom stereocenters. The Hall–Kier alpha value is -0.353. The summed E-state index contributed by atoms with van der Waals surface area (Å²) in [7, 11) is -1.29. The molecule has 14 heavy (non-hydrogen) atoms. The third kappa shape index (κ3) is 3.42. The number of hydrogen-bond acceptors (Lipinski definition) is 1. The first-order chi connectivity index (χ1) is 6.39. The van der Waals surface area contributed by atoms with Crippen LogP contribution in [0.5, 0.6) is 0 Å². The lowest BCUT2D eigenvalue weighted by Crippen LogP contribution is -2.37. The number of benzene rings is 1. The zero-order chi connectivity index (χ0) is 10.8. The van der Waals surface area contributed by atoms with Gasteiger partial charge in [0.2, 0.25) is 0 Å². The molecule has 0 saturated heterocycles. The molecule has 0 spiro atoms. The lowest BCUT2D eigenvalue weighted by atomic mass is 10.4. The summed E-state index contributed by atoms with van der Waals surface area (Å²) in [5.41, 5.74) is 0. The quantitative estimate of drug-likeness (QED) is 0.567. The standard InChI is InChI=1S/C10H14F2SSi/c1-14(2,3)9-6-4-8(5-7-9)13-10(11)12/h4-7,10H,1-3H3. The molecular formula is C10H14F2SSi. The van der Waals surface area contributed by atoms with Crippen molar-refractivity contribution in [2.45, 2.75) is 30.3 Å². The van der Waals surface area contributed by atoms with Gasteiger partial charge < -0.3 is 0 Å². The zero-order valence-corrected chi connectivity index (χ0v) is 10.4. The van der Waals surface area contributed by atoms with E-state index in [4.69, 9.17) is 0 Å². The van der Waals surface area contributed by atoms with Crippen molar-refractivity contribution < 1.29 is 8.78 Å². The van der Waals surface area contributed by atoms with E-state index in [1.807, 2.05) is 12.1 Å². The molecule has 0 saturated carbocycles. The van der Waals surface area contributed by atoms with E-state index in [2.05, 4.69) is 19.6 Å². The first-order valence-corrected chi connectivity index (χ1v) is 8.83. The van der Waals surface area contributed by atoms with Crippen LogP contribution in [-0.2, 0) is 0 Å². The third-order valence-electron chi connectivity index (χ3n) is 1.95. The van der Waals surface area contributed by atoms with Gasteiger partial charge in [0.1, 0.15) is 0 Å². The minimum atomic E-state index is -2.33. The molecule has 0 heterocycles. The average Bonchev–Trinajstić information content (AvgIpc) is 2.02. The minimum absolute atomic E-state index is 0.600. The van der Waals surface area contributed by atoms with Crippen molar-refractivity contribution in [1.29, 1.82) is 0 Å². The molecule has 0 radical (unpaired) electrons. The van der Waals surface area contributed by atoms with E-state index in [0.717, 1.165) is 0 Å². The topological polar surface area (TPSA) is 0 Å². The van der Waals surface area contributed by atoms with Crippen LogP contribution in [0.1, 0.15) is 0 Å². The molecule has 0 aliphatic heterocycles. The Morgan fingerprint density at radius 1 is 1.07 bits per heavy atom. The Kier molecular flexibility index (Phi) is 3.72. The molecule has 0 amide bonds. The molecule has 0 atom stereocenters. The predicted molar refractivity (Wildman–Crippen MR) is 61.3 cm³/mol. The molecule has 78 valence electrons. The van der Waals surface area contributed by atoms with Gasteiger partial charge in [-0.25, -0.2) is 0 Å².